The lowest BCUT2D eigenvalue weighted by molar-refractivity contribution is 0.141. The summed E-state index contributed by atoms with van der Waals surface area (Å²) in [5.41, 5.74) is 0. The molecule has 1 heterocycles. The number of aliphatic hydroxyl groups excluding tert-OH is 1. The van der Waals surface area contributed by atoms with Crippen molar-refractivity contribution < 1.29 is 15.0 Å². The van der Waals surface area contributed by atoms with Gasteiger partial charge in [-0.15, -0.1) is 0 Å². The van der Waals surface area contributed by atoms with Crippen LogP contribution >= 0.6 is 0 Å². The molecule has 13 heavy (non-hydrogen) atoms. The maximum absolute atomic E-state index is 10.3. The number of aliphatic hydroxyl groups is 1. The van der Waals surface area contributed by atoms with Crippen molar-refractivity contribution in [2.75, 3.05) is 6.54 Å². The maximum Gasteiger partial charge on any atom is 0.404 e. The number of carboxylic acid groups (broad SMARTS) is 1. The zero-order valence-electron chi connectivity index (χ0n) is 7.66. The Kier molecular flexibility index (Phi) is 3.50. The van der Waals surface area contributed by atoms with Gasteiger partial charge in [0.15, 0.2) is 0 Å². The molecule has 1 fully saturated rings. The zero-order valence-corrected chi connectivity index (χ0v) is 7.66. The van der Waals surface area contributed by atoms with Gasteiger partial charge in [0.1, 0.15) is 0 Å². The molecule has 4 N–H and O–H groups in total. The predicted octanol–water partition coefficient (Wildman–Crippen LogP) is -0.245. The van der Waals surface area contributed by atoms with E-state index in [0.29, 0.717) is 19.4 Å². The fourth-order valence-corrected chi connectivity index (χ4v) is 1.63. The van der Waals surface area contributed by atoms with Crippen LogP contribution < -0.4 is 10.6 Å². The molecule has 1 rings (SSSR count). The van der Waals surface area contributed by atoms with E-state index in [9.17, 15) is 9.90 Å². The quantitative estimate of drug-likeness (QED) is 0.457. The number of rotatable bonds is 1. The van der Waals surface area contributed by atoms with Gasteiger partial charge in [0.25, 0.3) is 0 Å². The molecule has 0 saturated carbocycles. The molecule has 1 unspecified atom stereocenters. The Balaban J connectivity index is 2.43. The molecule has 1 aliphatic heterocycles. The lowest BCUT2D eigenvalue weighted by atomic mass is 10.1. The van der Waals surface area contributed by atoms with E-state index in [1.54, 1.807) is 0 Å². The molecule has 0 aromatic heterocycles. The molecule has 5 nitrogen and oxygen atoms in total. The SMILES string of the molecule is C[C@H]1CC(O)C[C@H](NC(=O)O)CN1. The van der Waals surface area contributed by atoms with Crippen LogP contribution in [0, 0.1) is 0 Å². The van der Waals surface area contributed by atoms with E-state index < -0.39 is 12.2 Å². The predicted molar refractivity (Wildman–Crippen MR) is 47.7 cm³/mol. The van der Waals surface area contributed by atoms with Crippen molar-refractivity contribution in [2.45, 2.75) is 38.0 Å². The van der Waals surface area contributed by atoms with Gasteiger partial charge < -0.3 is 20.8 Å². The molecule has 1 saturated heterocycles. The first-order valence-electron chi connectivity index (χ1n) is 4.49. The summed E-state index contributed by atoms with van der Waals surface area (Å²) in [4.78, 5) is 10.3. The van der Waals surface area contributed by atoms with E-state index in [4.69, 9.17) is 5.11 Å². The summed E-state index contributed by atoms with van der Waals surface area (Å²) >= 11 is 0. The number of hydrogen-bond acceptors (Lipinski definition) is 3. The first-order valence-corrected chi connectivity index (χ1v) is 4.49. The van der Waals surface area contributed by atoms with Crippen LogP contribution in [0.3, 0.4) is 0 Å². The normalized spacial score (nSPS) is 35.1. The molecular weight excluding hydrogens is 172 g/mol. The second kappa shape index (κ2) is 4.43. The number of carbonyl (C=O) groups is 1. The highest BCUT2D eigenvalue weighted by molar-refractivity contribution is 5.64. The highest BCUT2D eigenvalue weighted by Gasteiger charge is 2.22. The monoisotopic (exact) mass is 188 g/mol. The van der Waals surface area contributed by atoms with Gasteiger partial charge in [0.2, 0.25) is 0 Å². The Labute approximate surface area is 77.1 Å². The number of amides is 1. The molecule has 0 aromatic rings. The Bertz CT molecular complexity index is 186. The second-order valence-electron chi connectivity index (χ2n) is 3.58. The van der Waals surface area contributed by atoms with E-state index >= 15 is 0 Å². The fraction of sp³-hybridized carbons (Fsp3) is 0.875. The van der Waals surface area contributed by atoms with Crippen LogP contribution in [0.4, 0.5) is 4.79 Å². The van der Waals surface area contributed by atoms with Gasteiger partial charge in [-0.1, -0.05) is 0 Å². The van der Waals surface area contributed by atoms with Crippen molar-refractivity contribution in [1.29, 1.82) is 0 Å². The van der Waals surface area contributed by atoms with Gasteiger partial charge in [0, 0.05) is 18.6 Å². The molecule has 3 atom stereocenters. The van der Waals surface area contributed by atoms with Gasteiger partial charge in [-0.05, 0) is 19.8 Å². The third-order valence-electron chi connectivity index (χ3n) is 2.22. The van der Waals surface area contributed by atoms with E-state index in [-0.39, 0.29) is 12.1 Å². The van der Waals surface area contributed by atoms with Crippen LogP contribution in [0.2, 0.25) is 0 Å². The van der Waals surface area contributed by atoms with Crippen molar-refractivity contribution in [1.82, 2.24) is 10.6 Å². The Morgan fingerprint density at radius 3 is 2.85 bits per heavy atom. The van der Waals surface area contributed by atoms with Gasteiger partial charge in [-0.2, -0.15) is 0 Å². The maximum atomic E-state index is 10.3. The topological polar surface area (TPSA) is 81.6 Å². The van der Waals surface area contributed by atoms with Gasteiger partial charge in [-0.25, -0.2) is 4.79 Å². The van der Waals surface area contributed by atoms with Crippen LogP contribution in [0.25, 0.3) is 0 Å². The molecule has 0 spiro atoms. The minimum Gasteiger partial charge on any atom is -0.465 e. The van der Waals surface area contributed by atoms with Crippen molar-refractivity contribution in [3.63, 3.8) is 0 Å². The molecule has 0 aromatic carbocycles. The summed E-state index contributed by atoms with van der Waals surface area (Å²) in [5, 5.41) is 23.5. The largest absolute Gasteiger partial charge is 0.465 e. The molecule has 5 heteroatoms. The van der Waals surface area contributed by atoms with E-state index in [1.165, 1.54) is 0 Å². The summed E-state index contributed by atoms with van der Waals surface area (Å²) in [7, 11) is 0. The van der Waals surface area contributed by atoms with E-state index in [2.05, 4.69) is 10.6 Å². The Morgan fingerprint density at radius 1 is 1.54 bits per heavy atom. The third-order valence-corrected chi connectivity index (χ3v) is 2.22. The van der Waals surface area contributed by atoms with Crippen LogP contribution in [0.15, 0.2) is 0 Å². The van der Waals surface area contributed by atoms with Gasteiger partial charge >= 0.3 is 6.09 Å². The van der Waals surface area contributed by atoms with Crippen molar-refractivity contribution in [2.24, 2.45) is 0 Å². The summed E-state index contributed by atoms with van der Waals surface area (Å²) in [5.74, 6) is 0. The van der Waals surface area contributed by atoms with Crippen LogP contribution in [0.5, 0.6) is 0 Å². The first-order chi connectivity index (χ1) is 6.08. The van der Waals surface area contributed by atoms with E-state index in [0.717, 1.165) is 0 Å². The molecule has 0 radical (unpaired) electrons. The van der Waals surface area contributed by atoms with Crippen LogP contribution in [-0.2, 0) is 0 Å². The lowest BCUT2D eigenvalue weighted by Crippen LogP contribution is -2.42. The number of nitrogens with one attached hydrogen (secondary N) is 2. The summed E-state index contributed by atoms with van der Waals surface area (Å²) in [6, 6.07) is 0.0630. The van der Waals surface area contributed by atoms with Crippen LogP contribution in [-0.4, -0.2) is 41.0 Å². The van der Waals surface area contributed by atoms with Crippen molar-refractivity contribution in [3.05, 3.63) is 0 Å². The van der Waals surface area contributed by atoms with Crippen LogP contribution in [0.1, 0.15) is 19.8 Å². The average Bonchev–Trinajstić information content (AvgIpc) is 2.11. The van der Waals surface area contributed by atoms with Crippen molar-refractivity contribution in [3.8, 4) is 0 Å². The Hall–Kier alpha value is -0.810. The summed E-state index contributed by atoms with van der Waals surface area (Å²) in [6.45, 7) is 2.57. The zero-order chi connectivity index (χ0) is 9.84. The molecule has 0 bridgehead atoms. The minimum absolute atomic E-state index is 0.183. The van der Waals surface area contributed by atoms with Gasteiger partial charge in [-0.3, -0.25) is 0 Å². The van der Waals surface area contributed by atoms with Gasteiger partial charge in [0.05, 0.1) is 6.10 Å². The standard InChI is InChI=1S/C8H16N2O3/c1-5-2-7(11)3-6(4-9-5)10-8(12)13/h5-7,9-11H,2-4H2,1H3,(H,12,13)/t5-,6-,7?/m0/s1. The minimum atomic E-state index is -1.03. The molecule has 1 amide bonds. The number of hydrogen-bond donors (Lipinski definition) is 4. The highest BCUT2D eigenvalue weighted by atomic mass is 16.4. The third kappa shape index (κ3) is 3.61. The molecule has 0 aliphatic carbocycles. The average molecular weight is 188 g/mol. The lowest BCUT2D eigenvalue weighted by Gasteiger charge is -2.15. The fourth-order valence-electron chi connectivity index (χ4n) is 1.63. The van der Waals surface area contributed by atoms with E-state index in [1.807, 2.05) is 6.92 Å². The smallest absolute Gasteiger partial charge is 0.404 e. The second-order valence-corrected chi connectivity index (χ2v) is 3.58. The van der Waals surface area contributed by atoms with Crippen molar-refractivity contribution >= 4 is 6.09 Å². The molecular formula is C8H16N2O3. The summed E-state index contributed by atoms with van der Waals surface area (Å²) < 4.78 is 0. The Morgan fingerprint density at radius 2 is 2.23 bits per heavy atom. The molecule has 76 valence electrons. The highest BCUT2D eigenvalue weighted by Crippen LogP contribution is 2.09. The molecule has 1 aliphatic rings. The first kappa shape index (κ1) is 10.3. The summed E-state index contributed by atoms with van der Waals surface area (Å²) in [6.07, 6.45) is -0.281.